The first-order valence-electron chi connectivity index (χ1n) is 5.17. The fraction of sp³-hybridized carbons (Fsp3) is 0.500. The summed E-state index contributed by atoms with van der Waals surface area (Å²) < 4.78 is 1.03. The third kappa shape index (κ3) is 3.84. The summed E-state index contributed by atoms with van der Waals surface area (Å²) in [5.41, 5.74) is 1.59. The second-order valence-electron chi connectivity index (χ2n) is 4.19. The number of anilines is 1. The molecule has 1 unspecified atom stereocenters. The fourth-order valence-corrected chi connectivity index (χ4v) is 1.57. The standard InChI is InChI=1S/C12H18BrNO/c1-4-12(3,15)8-14-11-7-9(2)5-6-10(11)13/h5-7,14-15H,4,8H2,1-3H3. The lowest BCUT2D eigenvalue weighted by atomic mass is 10.0. The van der Waals surface area contributed by atoms with Crippen LogP contribution in [0.5, 0.6) is 0 Å². The summed E-state index contributed by atoms with van der Waals surface area (Å²) in [5, 5.41) is 13.1. The van der Waals surface area contributed by atoms with Gasteiger partial charge in [-0.1, -0.05) is 13.0 Å². The van der Waals surface area contributed by atoms with E-state index in [0.29, 0.717) is 6.54 Å². The molecule has 0 radical (unpaired) electrons. The maximum atomic E-state index is 9.87. The highest BCUT2D eigenvalue weighted by atomic mass is 79.9. The van der Waals surface area contributed by atoms with Gasteiger partial charge in [0.15, 0.2) is 0 Å². The van der Waals surface area contributed by atoms with Gasteiger partial charge < -0.3 is 10.4 Å². The minimum atomic E-state index is -0.650. The molecule has 0 bridgehead atoms. The molecule has 2 nitrogen and oxygen atoms in total. The van der Waals surface area contributed by atoms with E-state index in [9.17, 15) is 5.11 Å². The monoisotopic (exact) mass is 271 g/mol. The van der Waals surface area contributed by atoms with Crippen LogP contribution in [0.4, 0.5) is 5.69 Å². The summed E-state index contributed by atoms with van der Waals surface area (Å²) in [5.74, 6) is 0. The molecule has 0 fully saturated rings. The number of rotatable bonds is 4. The van der Waals surface area contributed by atoms with Crippen LogP contribution in [-0.2, 0) is 0 Å². The van der Waals surface area contributed by atoms with Crippen LogP contribution in [0.1, 0.15) is 25.8 Å². The largest absolute Gasteiger partial charge is 0.388 e. The summed E-state index contributed by atoms with van der Waals surface area (Å²) in [6, 6.07) is 6.13. The topological polar surface area (TPSA) is 32.3 Å². The van der Waals surface area contributed by atoms with Gasteiger partial charge >= 0.3 is 0 Å². The summed E-state index contributed by atoms with van der Waals surface area (Å²) >= 11 is 3.48. The van der Waals surface area contributed by atoms with Gasteiger partial charge in [-0.05, 0) is 53.9 Å². The van der Waals surface area contributed by atoms with Crippen molar-refractivity contribution in [1.82, 2.24) is 0 Å². The van der Waals surface area contributed by atoms with Crippen molar-refractivity contribution in [3.8, 4) is 0 Å². The van der Waals surface area contributed by atoms with Gasteiger partial charge in [0.1, 0.15) is 0 Å². The molecule has 0 saturated carbocycles. The molecule has 0 aromatic heterocycles. The SMILES string of the molecule is CCC(C)(O)CNc1cc(C)ccc1Br. The zero-order chi connectivity index (χ0) is 11.5. The van der Waals surface area contributed by atoms with Crippen molar-refractivity contribution in [1.29, 1.82) is 0 Å². The van der Waals surface area contributed by atoms with Crippen molar-refractivity contribution in [3.05, 3.63) is 28.2 Å². The van der Waals surface area contributed by atoms with Crippen molar-refractivity contribution >= 4 is 21.6 Å². The van der Waals surface area contributed by atoms with Crippen LogP contribution in [0, 0.1) is 6.92 Å². The fourth-order valence-electron chi connectivity index (χ4n) is 1.19. The maximum absolute atomic E-state index is 9.87. The smallest absolute Gasteiger partial charge is 0.0788 e. The van der Waals surface area contributed by atoms with Gasteiger partial charge in [0, 0.05) is 16.7 Å². The molecule has 2 N–H and O–H groups in total. The first-order valence-corrected chi connectivity index (χ1v) is 5.96. The molecule has 0 saturated heterocycles. The van der Waals surface area contributed by atoms with Crippen molar-refractivity contribution < 1.29 is 5.11 Å². The highest BCUT2D eigenvalue weighted by Gasteiger charge is 2.17. The molecule has 3 heteroatoms. The van der Waals surface area contributed by atoms with Gasteiger partial charge in [-0.2, -0.15) is 0 Å². The predicted octanol–water partition coefficient (Wildman–Crippen LogP) is 3.33. The van der Waals surface area contributed by atoms with E-state index in [0.717, 1.165) is 16.6 Å². The lowest BCUT2D eigenvalue weighted by Gasteiger charge is -2.22. The van der Waals surface area contributed by atoms with Gasteiger partial charge in [0.25, 0.3) is 0 Å². The summed E-state index contributed by atoms with van der Waals surface area (Å²) in [7, 11) is 0. The molecule has 1 aromatic rings. The molecule has 1 aromatic carbocycles. The lowest BCUT2D eigenvalue weighted by molar-refractivity contribution is 0.0697. The third-order valence-electron chi connectivity index (χ3n) is 2.54. The lowest BCUT2D eigenvalue weighted by Crippen LogP contribution is -2.32. The first-order chi connectivity index (χ1) is 6.94. The van der Waals surface area contributed by atoms with E-state index in [1.165, 1.54) is 5.56 Å². The Morgan fingerprint density at radius 2 is 2.13 bits per heavy atom. The van der Waals surface area contributed by atoms with E-state index in [1.54, 1.807) is 0 Å². The highest BCUT2D eigenvalue weighted by Crippen LogP contribution is 2.24. The number of benzene rings is 1. The maximum Gasteiger partial charge on any atom is 0.0788 e. The molecule has 0 aliphatic rings. The van der Waals surface area contributed by atoms with Crippen LogP contribution >= 0.6 is 15.9 Å². The number of hydrogen-bond donors (Lipinski definition) is 2. The molecule has 1 rings (SSSR count). The molecule has 0 aliphatic carbocycles. The Hall–Kier alpha value is -0.540. The Labute approximate surface area is 99.8 Å². The molecule has 0 aliphatic heterocycles. The summed E-state index contributed by atoms with van der Waals surface area (Å²) in [4.78, 5) is 0. The quantitative estimate of drug-likeness (QED) is 0.881. The van der Waals surface area contributed by atoms with Crippen molar-refractivity contribution in [2.45, 2.75) is 32.8 Å². The molecule has 1 atom stereocenters. The average Bonchev–Trinajstić information content (AvgIpc) is 2.20. The first kappa shape index (κ1) is 12.5. The normalized spacial score (nSPS) is 14.7. The van der Waals surface area contributed by atoms with Crippen LogP contribution in [0.3, 0.4) is 0 Å². The van der Waals surface area contributed by atoms with Crippen LogP contribution in [-0.4, -0.2) is 17.3 Å². The van der Waals surface area contributed by atoms with Crippen LogP contribution in [0.25, 0.3) is 0 Å². The van der Waals surface area contributed by atoms with E-state index in [1.807, 2.05) is 26.0 Å². The van der Waals surface area contributed by atoms with Gasteiger partial charge in [0.05, 0.1) is 5.60 Å². The van der Waals surface area contributed by atoms with E-state index < -0.39 is 5.60 Å². The molecule has 0 heterocycles. The number of nitrogens with one attached hydrogen (secondary N) is 1. The van der Waals surface area contributed by atoms with Crippen LogP contribution < -0.4 is 5.32 Å². The summed E-state index contributed by atoms with van der Waals surface area (Å²) in [6.07, 6.45) is 0.740. The second-order valence-corrected chi connectivity index (χ2v) is 5.04. The second kappa shape index (κ2) is 4.99. The molecular weight excluding hydrogens is 254 g/mol. The average molecular weight is 272 g/mol. The Balaban J connectivity index is 2.69. The number of aryl methyl sites for hydroxylation is 1. The molecular formula is C12H18BrNO. The van der Waals surface area contributed by atoms with Crippen molar-refractivity contribution in [3.63, 3.8) is 0 Å². The van der Waals surface area contributed by atoms with Gasteiger partial charge in [-0.15, -0.1) is 0 Å². The van der Waals surface area contributed by atoms with Gasteiger partial charge in [-0.3, -0.25) is 0 Å². The van der Waals surface area contributed by atoms with Crippen LogP contribution in [0.15, 0.2) is 22.7 Å². The Morgan fingerprint density at radius 1 is 1.47 bits per heavy atom. The minimum Gasteiger partial charge on any atom is -0.388 e. The van der Waals surface area contributed by atoms with E-state index in [2.05, 4.69) is 34.2 Å². The molecule has 15 heavy (non-hydrogen) atoms. The Bertz CT molecular complexity index is 336. The van der Waals surface area contributed by atoms with Gasteiger partial charge in [-0.25, -0.2) is 0 Å². The number of hydrogen-bond acceptors (Lipinski definition) is 2. The zero-order valence-corrected chi connectivity index (χ0v) is 11.1. The van der Waals surface area contributed by atoms with Crippen LogP contribution in [0.2, 0.25) is 0 Å². The Kier molecular flexibility index (Phi) is 4.17. The zero-order valence-electron chi connectivity index (χ0n) is 9.47. The third-order valence-corrected chi connectivity index (χ3v) is 3.23. The van der Waals surface area contributed by atoms with Crippen molar-refractivity contribution in [2.75, 3.05) is 11.9 Å². The number of aliphatic hydroxyl groups is 1. The minimum absolute atomic E-state index is 0.561. The van der Waals surface area contributed by atoms with Crippen molar-refractivity contribution in [2.24, 2.45) is 0 Å². The van der Waals surface area contributed by atoms with E-state index in [-0.39, 0.29) is 0 Å². The predicted molar refractivity (Wildman–Crippen MR) is 68.3 cm³/mol. The highest BCUT2D eigenvalue weighted by molar-refractivity contribution is 9.10. The Morgan fingerprint density at radius 3 is 2.73 bits per heavy atom. The van der Waals surface area contributed by atoms with Gasteiger partial charge in [0.2, 0.25) is 0 Å². The molecule has 0 amide bonds. The molecule has 84 valence electrons. The van der Waals surface area contributed by atoms with E-state index in [4.69, 9.17) is 0 Å². The number of halogens is 1. The van der Waals surface area contributed by atoms with E-state index >= 15 is 0 Å². The molecule has 0 spiro atoms. The summed E-state index contributed by atoms with van der Waals surface area (Å²) in [6.45, 7) is 6.43.